The van der Waals surface area contributed by atoms with Gasteiger partial charge in [-0.05, 0) is 30.5 Å². The van der Waals surface area contributed by atoms with Crippen molar-refractivity contribution in [1.82, 2.24) is 5.32 Å². The number of hydrogen-bond acceptors (Lipinski definition) is 5. The fourth-order valence-corrected chi connectivity index (χ4v) is 3.82. The van der Waals surface area contributed by atoms with Crippen LogP contribution in [0.2, 0.25) is 5.02 Å². The van der Waals surface area contributed by atoms with Crippen LogP contribution in [0.25, 0.3) is 0 Å². The lowest BCUT2D eigenvalue weighted by Crippen LogP contribution is -2.55. The molecule has 0 radical (unpaired) electrons. The minimum atomic E-state index is -1.54. The molecule has 0 saturated carbocycles. The third-order valence-corrected chi connectivity index (χ3v) is 5.64. The van der Waals surface area contributed by atoms with Gasteiger partial charge in [0.25, 0.3) is 0 Å². The van der Waals surface area contributed by atoms with Gasteiger partial charge in [0.2, 0.25) is 5.91 Å². The molecule has 2 atom stereocenters. The van der Waals surface area contributed by atoms with E-state index in [-0.39, 0.29) is 13.0 Å². The van der Waals surface area contributed by atoms with E-state index < -0.39 is 48.9 Å². The molecule has 0 bridgehead atoms. The summed E-state index contributed by atoms with van der Waals surface area (Å²) >= 11 is 6.12. The second-order valence-electron chi connectivity index (χ2n) is 7.46. The summed E-state index contributed by atoms with van der Waals surface area (Å²) in [5, 5.41) is 11.7. The van der Waals surface area contributed by atoms with Gasteiger partial charge in [-0.25, -0.2) is 9.18 Å². The highest BCUT2D eigenvalue weighted by Crippen LogP contribution is 2.32. The highest BCUT2D eigenvalue weighted by atomic mass is 35.5. The molecule has 174 valence electrons. The van der Waals surface area contributed by atoms with Crippen molar-refractivity contribution in [2.24, 2.45) is 0 Å². The largest absolute Gasteiger partial charge is 0.481 e. The molecule has 2 unspecified atom stereocenters. The zero-order chi connectivity index (χ0) is 24.0. The Hall–Kier alpha value is -3.46. The number of rotatable bonds is 8. The van der Waals surface area contributed by atoms with E-state index in [2.05, 4.69) is 5.32 Å². The van der Waals surface area contributed by atoms with Gasteiger partial charge in [-0.2, -0.15) is 0 Å². The monoisotopic (exact) mass is 476 g/mol. The summed E-state index contributed by atoms with van der Waals surface area (Å²) in [5.74, 6) is -3.20. The molecule has 0 fully saturated rings. The van der Waals surface area contributed by atoms with Crippen LogP contribution in [-0.4, -0.2) is 47.6 Å². The van der Waals surface area contributed by atoms with Crippen molar-refractivity contribution in [2.45, 2.75) is 38.0 Å². The van der Waals surface area contributed by atoms with E-state index in [0.717, 1.165) is 5.56 Å². The molecule has 0 aliphatic carbocycles. The average molecular weight is 477 g/mol. The SMILES string of the molecule is O=C(O)CC(NC(=O)C1CCc2ccccc2N1C(=O)OCc1ccccc1Cl)C(=O)CF. The van der Waals surface area contributed by atoms with Crippen LogP contribution >= 0.6 is 11.6 Å². The fourth-order valence-electron chi connectivity index (χ4n) is 3.63. The van der Waals surface area contributed by atoms with Crippen molar-refractivity contribution in [1.29, 1.82) is 0 Å². The standard InChI is InChI=1S/C23H22ClFN2O6/c24-16-7-3-1-6-15(16)13-33-23(32)27-18-8-4-2-5-14(18)9-10-19(27)22(31)26-17(11-21(29)30)20(28)12-25/h1-8,17,19H,9-13H2,(H,26,31)(H,29,30). The number of Topliss-reactive ketones (excluding diaryl/α,β-unsaturated/α-hetero) is 1. The maximum atomic E-state index is 13.1. The van der Waals surface area contributed by atoms with Crippen molar-refractivity contribution in [3.8, 4) is 0 Å². The predicted molar refractivity (Wildman–Crippen MR) is 118 cm³/mol. The number of carbonyl (C=O) groups excluding carboxylic acids is 3. The number of halogens is 2. The molecule has 10 heteroatoms. The first-order chi connectivity index (χ1) is 15.8. The van der Waals surface area contributed by atoms with Gasteiger partial charge in [0, 0.05) is 10.6 Å². The number of fused-ring (bicyclic) bond motifs is 1. The molecular formula is C23H22ClFN2O6. The number of hydrogen-bond donors (Lipinski definition) is 2. The first kappa shape index (κ1) is 24.2. The maximum Gasteiger partial charge on any atom is 0.415 e. The van der Waals surface area contributed by atoms with Crippen LogP contribution in [0.4, 0.5) is 14.9 Å². The second kappa shape index (κ2) is 10.9. The Morgan fingerprint density at radius 1 is 1.15 bits per heavy atom. The van der Waals surface area contributed by atoms with E-state index in [1.165, 1.54) is 4.90 Å². The number of aryl methyl sites for hydroxylation is 1. The quantitative estimate of drug-likeness (QED) is 0.604. The van der Waals surface area contributed by atoms with Crippen LogP contribution < -0.4 is 10.2 Å². The van der Waals surface area contributed by atoms with Crippen LogP contribution in [-0.2, 0) is 32.1 Å². The number of carboxylic acid groups (broad SMARTS) is 1. The summed E-state index contributed by atoms with van der Waals surface area (Å²) in [6.07, 6.45) is -0.917. The maximum absolute atomic E-state index is 13.1. The molecule has 0 saturated heterocycles. The topological polar surface area (TPSA) is 113 Å². The molecule has 2 N–H and O–H groups in total. The van der Waals surface area contributed by atoms with Gasteiger partial charge in [0.05, 0.1) is 12.1 Å². The highest BCUT2D eigenvalue weighted by molar-refractivity contribution is 6.31. The molecule has 1 heterocycles. The molecule has 3 rings (SSSR count). The number of carbonyl (C=O) groups is 4. The second-order valence-corrected chi connectivity index (χ2v) is 7.87. The van der Waals surface area contributed by atoms with E-state index in [0.29, 0.717) is 22.7 Å². The fraction of sp³-hybridized carbons (Fsp3) is 0.304. The lowest BCUT2D eigenvalue weighted by Gasteiger charge is -2.36. The molecule has 0 spiro atoms. The zero-order valence-electron chi connectivity index (χ0n) is 17.5. The Balaban J connectivity index is 1.84. The minimum Gasteiger partial charge on any atom is -0.481 e. The van der Waals surface area contributed by atoms with E-state index in [4.69, 9.17) is 21.4 Å². The van der Waals surface area contributed by atoms with Gasteiger partial charge in [-0.3, -0.25) is 19.3 Å². The van der Waals surface area contributed by atoms with Crippen LogP contribution in [0.1, 0.15) is 24.0 Å². The van der Waals surface area contributed by atoms with Gasteiger partial charge in [0.15, 0.2) is 5.78 Å². The smallest absolute Gasteiger partial charge is 0.415 e. The van der Waals surface area contributed by atoms with Gasteiger partial charge >= 0.3 is 12.1 Å². The van der Waals surface area contributed by atoms with Gasteiger partial charge in [0.1, 0.15) is 25.4 Å². The molecule has 2 aromatic rings. The number of anilines is 1. The van der Waals surface area contributed by atoms with Gasteiger partial charge in [-0.1, -0.05) is 48.0 Å². The Morgan fingerprint density at radius 2 is 1.85 bits per heavy atom. The molecule has 33 heavy (non-hydrogen) atoms. The summed E-state index contributed by atoms with van der Waals surface area (Å²) in [6.45, 7) is -1.55. The molecule has 1 aliphatic rings. The number of aliphatic carboxylic acids is 1. The third kappa shape index (κ3) is 5.87. The van der Waals surface area contributed by atoms with Gasteiger partial charge < -0.3 is 15.2 Å². The number of alkyl halides is 1. The summed E-state index contributed by atoms with van der Waals surface area (Å²) < 4.78 is 18.3. The van der Waals surface area contributed by atoms with Crippen LogP contribution in [0.5, 0.6) is 0 Å². The van der Waals surface area contributed by atoms with Crippen LogP contribution in [0.15, 0.2) is 48.5 Å². The third-order valence-electron chi connectivity index (χ3n) is 5.27. The number of para-hydroxylation sites is 1. The van der Waals surface area contributed by atoms with Gasteiger partial charge in [-0.15, -0.1) is 0 Å². The van der Waals surface area contributed by atoms with Crippen molar-refractivity contribution in [3.05, 3.63) is 64.7 Å². The Kier molecular flexibility index (Phi) is 8.00. The number of nitrogens with one attached hydrogen (secondary N) is 1. The summed E-state index contributed by atoms with van der Waals surface area (Å²) in [5.41, 5.74) is 1.85. The van der Waals surface area contributed by atoms with Crippen molar-refractivity contribution in [2.75, 3.05) is 11.6 Å². The molecule has 1 aliphatic heterocycles. The predicted octanol–water partition coefficient (Wildman–Crippen LogP) is 3.30. The minimum absolute atomic E-state index is 0.131. The number of nitrogens with zero attached hydrogens (tertiary/aromatic N) is 1. The number of ketones is 1. The molecule has 2 amide bonds. The lowest BCUT2D eigenvalue weighted by molar-refractivity contribution is -0.140. The normalized spacial score (nSPS) is 15.8. The summed E-state index contributed by atoms with van der Waals surface area (Å²) in [6, 6.07) is 11.2. The summed E-state index contributed by atoms with van der Waals surface area (Å²) in [7, 11) is 0. The van der Waals surface area contributed by atoms with E-state index in [9.17, 15) is 23.6 Å². The number of ether oxygens (including phenoxy) is 1. The number of benzene rings is 2. The average Bonchev–Trinajstić information content (AvgIpc) is 2.81. The Labute approximate surface area is 194 Å². The number of amides is 2. The highest BCUT2D eigenvalue weighted by Gasteiger charge is 2.38. The Morgan fingerprint density at radius 3 is 2.55 bits per heavy atom. The molecule has 2 aromatic carbocycles. The van der Waals surface area contributed by atoms with Crippen LogP contribution in [0.3, 0.4) is 0 Å². The molecule has 8 nitrogen and oxygen atoms in total. The lowest BCUT2D eigenvalue weighted by atomic mass is 9.95. The molecule has 0 aromatic heterocycles. The summed E-state index contributed by atoms with van der Waals surface area (Å²) in [4.78, 5) is 50.1. The van der Waals surface area contributed by atoms with E-state index in [1.807, 2.05) is 6.07 Å². The first-order valence-electron chi connectivity index (χ1n) is 10.2. The van der Waals surface area contributed by atoms with E-state index in [1.54, 1.807) is 42.5 Å². The van der Waals surface area contributed by atoms with Crippen LogP contribution in [0, 0.1) is 0 Å². The van der Waals surface area contributed by atoms with E-state index >= 15 is 0 Å². The molecular weight excluding hydrogens is 455 g/mol. The van der Waals surface area contributed by atoms with Crippen molar-refractivity contribution in [3.63, 3.8) is 0 Å². The van der Waals surface area contributed by atoms with Crippen molar-refractivity contribution < 1.29 is 33.4 Å². The first-order valence-corrected chi connectivity index (χ1v) is 10.6. The zero-order valence-corrected chi connectivity index (χ0v) is 18.3. The Bertz CT molecular complexity index is 1060. The van der Waals surface area contributed by atoms with Crippen molar-refractivity contribution >= 4 is 41.0 Å². The number of carboxylic acids is 1.